The Bertz CT molecular complexity index is 257. The van der Waals surface area contributed by atoms with Crippen molar-refractivity contribution in [1.82, 2.24) is 4.90 Å². The number of hydrogen-bond acceptors (Lipinski definition) is 3. The second-order valence-corrected chi connectivity index (χ2v) is 5.19. The Morgan fingerprint density at radius 2 is 2.06 bits per heavy atom. The Balaban J connectivity index is 1.82. The maximum Gasteiger partial charge on any atom is 0.222 e. The minimum Gasteiger partial charge on any atom is -0.391 e. The number of rotatable bonds is 2. The van der Waals surface area contributed by atoms with E-state index in [0.717, 1.165) is 19.3 Å². The molecule has 92 valence electrons. The molecule has 0 aromatic carbocycles. The molecule has 3 N–H and O–H groups in total. The summed E-state index contributed by atoms with van der Waals surface area (Å²) in [6.07, 6.45) is 5.53. The molecule has 1 saturated carbocycles. The molecule has 4 heteroatoms. The van der Waals surface area contributed by atoms with Crippen LogP contribution < -0.4 is 5.73 Å². The summed E-state index contributed by atoms with van der Waals surface area (Å²) in [4.78, 5) is 13.7. The largest absolute Gasteiger partial charge is 0.391 e. The quantitative estimate of drug-likeness (QED) is 0.720. The van der Waals surface area contributed by atoms with Crippen molar-refractivity contribution in [2.45, 2.75) is 50.7 Å². The van der Waals surface area contributed by atoms with Crippen LogP contribution in [0.5, 0.6) is 0 Å². The summed E-state index contributed by atoms with van der Waals surface area (Å²) >= 11 is 0. The van der Waals surface area contributed by atoms with Crippen molar-refractivity contribution >= 4 is 5.91 Å². The number of β-amino-alcohol motifs (C(OH)–C–C–N with tert-alkyl or cyclic N) is 1. The van der Waals surface area contributed by atoms with Crippen LogP contribution in [0.2, 0.25) is 0 Å². The number of likely N-dealkylation sites (tertiary alicyclic amines) is 1. The van der Waals surface area contributed by atoms with E-state index < -0.39 is 0 Å². The van der Waals surface area contributed by atoms with Gasteiger partial charge in [0.2, 0.25) is 5.91 Å². The fraction of sp³-hybridized carbons (Fsp3) is 0.917. The Kier molecular flexibility index (Phi) is 3.82. The Labute approximate surface area is 96.8 Å². The first-order valence-corrected chi connectivity index (χ1v) is 6.38. The maximum absolute atomic E-state index is 12.0. The molecule has 4 nitrogen and oxygen atoms in total. The van der Waals surface area contributed by atoms with Crippen LogP contribution in [0.4, 0.5) is 0 Å². The highest BCUT2D eigenvalue weighted by atomic mass is 16.3. The van der Waals surface area contributed by atoms with Crippen LogP contribution in [0.3, 0.4) is 0 Å². The average molecular weight is 226 g/mol. The molecule has 0 aromatic rings. The van der Waals surface area contributed by atoms with E-state index in [1.54, 1.807) is 4.90 Å². The Morgan fingerprint density at radius 1 is 1.31 bits per heavy atom. The molecule has 0 bridgehead atoms. The Hall–Kier alpha value is -0.610. The van der Waals surface area contributed by atoms with Crippen LogP contribution in [0, 0.1) is 5.92 Å². The zero-order valence-corrected chi connectivity index (χ0v) is 9.77. The summed E-state index contributed by atoms with van der Waals surface area (Å²) in [6, 6.07) is 0.199. The average Bonchev–Trinajstić information content (AvgIpc) is 2.68. The Morgan fingerprint density at radius 3 is 2.69 bits per heavy atom. The third-order valence-corrected chi connectivity index (χ3v) is 3.92. The summed E-state index contributed by atoms with van der Waals surface area (Å²) < 4.78 is 0. The van der Waals surface area contributed by atoms with Gasteiger partial charge in [0.1, 0.15) is 0 Å². The second-order valence-electron chi connectivity index (χ2n) is 5.19. The minimum absolute atomic E-state index is 0.180. The number of nitrogens with zero attached hydrogens (tertiary/aromatic N) is 1. The van der Waals surface area contributed by atoms with Crippen molar-refractivity contribution in [1.29, 1.82) is 0 Å². The first kappa shape index (κ1) is 11.9. The van der Waals surface area contributed by atoms with Crippen LogP contribution in [-0.4, -0.2) is 41.1 Å². The van der Waals surface area contributed by atoms with Gasteiger partial charge in [0.05, 0.1) is 6.10 Å². The molecular weight excluding hydrogens is 204 g/mol. The lowest BCUT2D eigenvalue weighted by molar-refractivity contribution is -0.131. The molecule has 16 heavy (non-hydrogen) atoms. The van der Waals surface area contributed by atoms with Gasteiger partial charge < -0.3 is 15.7 Å². The third-order valence-electron chi connectivity index (χ3n) is 3.92. The highest BCUT2D eigenvalue weighted by Gasteiger charge is 2.29. The molecule has 1 heterocycles. The molecule has 0 aromatic heterocycles. The highest BCUT2D eigenvalue weighted by molar-refractivity contribution is 5.76. The molecule has 2 aliphatic rings. The molecule has 3 unspecified atom stereocenters. The van der Waals surface area contributed by atoms with E-state index in [1.165, 1.54) is 12.8 Å². The minimum atomic E-state index is -0.316. The van der Waals surface area contributed by atoms with E-state index in [9.17, 15) is 9.90 Å². The summed E-state index contributed by atoms with van der Waals surface area (Å²) in [5.74, 6) is 0.540. The number of carbonyl (C=O) groups excluding carboxylic acids is 1. The smallest absolute Gasteiger partial charge is 0.222 e. The van der Waals surface area contributed by atoms with Crippen LogP contribution in [0.25, 0.3) is 0 Å². The third kappa shape index (κ3) is 2.74. The summed E-state index contributed by atoms with van der Waals surface area (Å²) in [7, 11) is 0. The van der Waals surface area contributed by atoms with Gasteiger partial charge in [-0.05, 0) is 25.2 Å². The molecule has 3 atom stereocenters. The first-order valence-electron chi connectivity index (χ1n) is 6.38. The SMILES string of the molecule is NC1CCCCC1CC(=O)N1CCC(O)C1. The van der Waals surface area contributed by atoms with Gasteiger partial charge in [0.25, 0.3) is 0 Å². The molecule has 2 rings (SSSR count). The lowest BCUT2D eigenvalue weighted by Gasteiger charge is -2.29. The first-order chi connectivity index (χ1) is 7.66. The van der Waals surface area contributed by atoms with Crippen LogP contribution in [0.1, 0.15) is 38.5 Å². The number of nitrogens with two attached hydrogens (primary N) is 1. The molecular formula is C12H22N2O2. The van der Waals surface area contributed by atoms with Crippen molar-refractivity contribution in [3.05, 3.63) is 0 Å². The van der Waals surface area contributed by atoms with Gasteiger partial charge >= 0.3 is 0 Å². The monoisotopic (exact) mass is 226 g/mol. The van der Waals surface area contributed by atoms with E-state index in [4.69, 9.17) is 5.73 Å². The molecule has 0 spiro atoms. The summed E-state index contributed by atoms with van der Waals surface area (Å²) in [5.41, 5.74) is 6.03. The number of carbonyl (C=O) groups is 1. The van der Waals surface area contributed by atoms with Crippen molar-refractivity contribution < 1.29 is 9.90 Å². The van der Waals surface area contributed by atoms with Crippen LogP contribution in [-0.2, 0) is 4.79 Å². The number of aliphatic hydroxyl groups is 1. The topological polar surface area (TPSA) is 66.6 Å². The van der Waals surface area contributed by atoms with Gasteiger partial charge in [-0.3, -0.25) is 4.79 Å². The van der Waals surface area contributed by atoms with Gasteiger partial charge in [-0.2, -0.15) is 0 Å². The van der Waals surface area contributed by atoms with E-state index in [2.05, 4.69) is 0 Å². The van der Waals surface area contributed by atoms with Crippen molar-refractivity contribution in [3.63, 3.8) is 0 Å². The summed E-state index contributed by atoms with van der Waals surface area (Å²) in [5, 5.41) is 9.39. The normalized spacial score (nSPS) is 35.4. The van der Waals surface area contributed by atoms with Crippen LogP contribution in [0.15, 0.2) is 0 Å². The fourth-order valence-corrected chi connectivity index (χ4v) is 2.81. The van der Waals surface area contributed by atoms with Crippen molar-refractivity contribution in [3.8, 4) is 0 Å². The van der Waals surface area contributed by atoms with Gasteiger partial charge in [-0.15, -0.1) is 0 Å². The lowest BCUT2D eigenvalue weighted by Crippen LogP contribution is -2.38. The molecule has 1 aliphatic carbocycles. The molecule has 0 radical (unpaired) electrons. The molecule has 2 fully saturated rings. The summed E-state index contributed by atoms with van der Waals surface area (Å²) in [6.45, 7) is 1.22. The van der Waals surface area contributed by atoms with E-state index in [1.807, 2.05) is 0 Å². The zero-order valence-electron chi connectivity index (χ0n) is 9.77. The highest BCUT2D eigenvalue weighted by Crippen LogP contribution is 2.26. The zero-order chi connectivity index (χ0) is 11.5. The van der Waals surface area contributed by atoms with Gasteiger partial charge in [-0.25, -0.2) is 0 Å². The molecule has 1 saturated heterocycles. The second kappa shape index (κ2) is 5.15. The van der Waals surface area contributed by atoms with Crippen LogP contribution >= 0.6 is 0 Å². The number of aliphatic hydroxyl groups excluding tert-OH is 1. The standard InChI is InChI=1S/C12H22N2O2/c13-11-4-2-1-3-9(11)7-12(16)14-6-5-10(15)8-14/h9-11,15H,1-8,13H2. The van der Waals surface area contributed by atoms with Gasteiger partial charge in [0.15, 0.2) is 0 Å². The van der Waals surface area contributed by atoms with E-state index in [0.29, 0.717) is 25.4 Å². The van der Waals surface area contributed by atoms with E-state index in [-0.39, 0.29) is 18.1 Å². The number of hydrogen-bond donors (Lipinski definition) is 2. The number of amides is 1. The predicted molar refractivity (Wildman–Crippen MR) is 61.8 cm³/mol. The van der Waals surface area contributed by atoms with Gasteiger partial charge in [-0.1, -0.05) is 12.8 Å². The van der Waals surface area contributed by atoms with E-state index >= 15 is 0 Å². The van der Waals surface area contributed by atoms with Crippen molar-refractivity contribution in [2.75, 3.05) is 13.1 Å². The molecule has 1 amide bonds. The maximum atomic E-state index is 12.0. The fourth-order valence-electron chi connectivity index (χ4n) is 2.81. The molecule has 1 aliphatic heterocycles. The lowest BCUT2D eigenvalue weighted by atomic mass is 9.83. The predicted octanol–water partition coefficient (Wildman–Crippen LogP) is 0.487. The van der Waals surface area contributed by atoms with Crippen molar-refractivity contribution in [2.24, 2.45) is 11.7 Å². The van der Waals surface area contributed by atoms with Gasteiger partial charge in [0, 0.05) is 25.6 Å².